The van der Waals surface area contributed by atoms with E-state index in [2.05, 4.69) is 41.6 Å². The third-order valence-electron chi connectivity index (χ3n) is 6.90. The number of hydrogen-bond acceptors (Lipinski definition) is 1. The van der Waals surface area contributed by atoms with E-state index >= 15 is 0 Å². The maximum Gasteiger partial charge on any atom is 0.416 e. The molecule has 2 aromatic carbocycles. The van der Waals surface area contributed by atoms with Crippen molar-refractivity contribution in [2.45, 2.75) is 57.4 Å². The molecule has 5 heteroatoms. The van der Waals surface area contributed by atoms with Crippen LogP contribution >= 0.6 is 0 Å². The number of aromatic nitrogens is 1. The van der Waals surface area contributed by atoms with Gasteiger partial charge in [0.2, 0.25) is 0 Å². The maximum atomic E-state index is 13.4. The van der Waals surface area contributed by atoms with E-state index in [-0.39, 0.29) is 0 Å². The first kappa shape index (κ1) is 18.7. The summed E-state index contributed by atoms with van der Waals surface area (Å²) in [5, 5.41) is 1.28. The standard InChI is InChI=1S/C24H25F3N2/c1-15-7-9-20-18(13-15)23-21-10-8-17(28(21)2)14-22(23)29(20)12-11-16-5-3-4-6-19(16)24(25,26)27/h3-7,9,13,17,21H,8,10-12,14H2,1-2H3. The number of alkyl halides is 3. The van der Waals surface area contributed by atoms with E-state index in [1.165, 1.54) is 40.8 Å². The van der Waals surface area contributed by atoms with Gasteiger partial charge in [-0.25, -0.2) is 0 Å². The lowest BCUT2D eigenvalue weighted by molar-refractivity contribution is -0.138. The van der Waals surface area contributed by atoms with Crippen molar-refractivity contribution in [2.75, 3.05) is 7.05 Å². The quantitative estimate of drug-likeness (QED) is 0.533. The van der Waals surface area contributed by atoms with Gasteiger partial charge in [0.25, 0.3) is 0 Å². The van der Waals surface area contributed by atoms with Gasteiger partial charge >= 0.3 is 6.18 Å². The Kier molecular flexibility index (Phi) is 4.28. The minimum absolute atomic E-state index is 0.374. The van der Waals surface area contributed by atoms with Gasteiger partial charge in [0, 0.05) is 41.6 Å². The lowest BCUT2D eigenvalue weighted by Gasteiger charge is -2.32. The van der Waals surface area contributed by atoms with Gasteiger partial charge in [0.15, 0.2) is 0 Å². The number of rotatable bonds is 3. The minimum atomic E-state index is -4.31. The van der Waals surface area contributed by atoms with Gasteiger partial charge in [-0.3, -0.25) is 4.90 Å². The summed E-state index contributed by atoms with van der Waals surface area (Å²) < 4.78 is 42.6. The van der Waals surface area contributed by atoms with Crippen LogP contribution in [-0.4, -0.2) is 22.6 Å². The number of hydrogen-bond donors (Lipinski definition) is 0. The third-order valence-corrected chi connectivity index (χ3v) is 6.90. The Hall–Kier alpha value is -2.27. The molecule has 2 aliphatic rings. The highest BCUT2D eigenvalue weighted by molar-refractivity contribution is 5.87. The largest absolute Gasteiger partial charge is 0.416 e. The van der Waals surface area contributed by atoms with Crippen LogP contribution < -0.4 is 0 Å². The molecule has 0 radical (unpaired) electrons. The molecule has 2 bridgehead atoms. The number of fused-ring (bicyclic) bond motifs is 6. The number of likely N-dealkylation sites (N-methyl/N-ethyl adjacent to an activating group) is 1. The van der Waals surface area contributed by atoms with Crippen LogP contribution in [0.4, 0.5) is 13.2 Å². The van der Waals surface area contributed by atoms with Crippen molar-refractivity contribution in [3.8, 4) is 0 Å². The second-order valence-corrected chi connectivity index (χ2v) is 8.55. The second-order valence-electron chi connectivity index (χ2n) is 8.55. The summed E-state index contributed by atoms with van der Waals surface area (Å²) in [7, 11) is 2.21. The smallest absolute Gasteiger partial charge is 0.344 e. The highest BCUT2D eigenvalue weighted by Gasteiger charge is 2.40. The molecule has 1 saturated heterocycles. The molecule has 1 fully saturated rings. The first-order valence-electron chi connectivity index (χ1n) is 10.3. The summed E-state index contributed by atoms with van der Waals surface area (Å²) in [6.07, 6.45) is -0.589. The van der Waals surface area contributed by atoms with Gasteiger partial charge in [0.1, 0.15) is 0 Å². The molecule has 3 heterocycles. The Labute approximate surface area is 168 Å². The van der Waals surface area contributed by atoms with Crippen LogP contribution in [0, 0.1) is 6.92 Å². The molecule has 0 spiro atoms. The highest BCUT2D eigenvalue weighted by Crippen LogP contribution is 2.47. The number of benzene rings is 2. The first-order valence-corrected chi connectivity index (χ1v) is 10.3. The average molecular weight is 398 g/mol. The van der Waals surface area contributed by atoms with Gasteiger partial charge < -0.3 is 4.57 Å². The fourth-order valence-corrected chi connectivity index (χ4v) is 5.47. The predicted octanol–water partition coefficient (Wildman–Crippen LogP) is 5.90. The summed E-state index contributed by atoms with van der Waals surface area (Å²) in [4.78, 5) is 2.49. The Bertz CT molecular complexity index is 1080. The van der Waals surface area contributed by atoms with Crippen molar-refractivity contribution < 1.29 is 13.2 Å². The van der Waals surface area contributed by atoms with E-state index < -0.39 is 11.7 Å². The maximum absolute atomic E-state index is 13.4. The van der Waals surface area contributed by atoms with E-state index in [1.807, 2.05) is 0 Å². The molecule has 2 nitrogen and oxygen atoms in total. The van der Waals surface area contributed by atoms with Crippen molar-refractivity contribution in [3.63, 3.8) is 0 Å². The highest BCUT2D eigenvalue weighted by atomic mass is 19.4. The molecule has 2 aliphatic heterocycles. The lowest BCUT2D eigenvalue weighted by atomic mass is 9.97. The van der Waals surface area contributed by atoms with Crippen molar-refractivity contribution in [3.05, 3.63) is 70.4 Å². The molecule has 0 aliphatic carbocycles. The summed E-state index contributed by atoms with van der Waals surface area (Å²) in [6, 6.07) is 13.4. The molecule has 2 atom stereocenters. The van der Waals surface area contributed by atoms with E-state index in [0.29, 0.717) is 30.6 Å². The van der Waals surface area contributed by atoms with Gasteiger partial charge in [-0.15, -0.1) is 0 Å². The first-order chi connectivity index (χ1) is 13.8. The van der Waals surface area contributed by atoms with Crippen LogP contribution in [0.3, 0.4) is 0 Å². The molecular formula is C24H25F3N2. The van der Waals surface area contributed by atoms with Crippen LogP contribution in [0.2, 0.25) is 0 Å². The lowest BCUT2D eigenvalue weighted by Crippen LogP contribution is -2.34. The van der Waals surface area contributed by atoms with Crippen LogP contribution in [0.5, 0.6) is 0 Å². The van der Waals surface area contributed by atoms with Crippen molar-refractivity contribution in [1.82, 2.24) is 9.47 Å². The summed E-state index contributed by atoms with van der Waals surface area (Å²) >= 11 is 0. The summed E-state index contributed by atoms with van der Waals surface area (Å²) in [6.45, 7) is 2.68. The molecular weight excluding hydrogens is 373 g/mol. The van der Waals surface area contributed by atoms with Crippen molar-refractivity contribution in [1.29, 1.82) is 0 Å². The van der Waals surface area contributed by atoms with Crippen molar-refractivity contribution in [2.24, 2.45) is 0 Å². The molecule has 0 N–H and O–H groups in total. The van der Waals surface area contributed by atoms with Crippen LogP contribution in [0.1, 0.15) is 46.8 Å². The average Bonchev–Trinajstić information content (AvgIpc) is 3.09. The van der Waals surface area contributed by atoms with Gasteiger partial charge in [-0.05, 0) is 62.6 Å². The van der Waals surface area contributed by atoms with Crippen molar-refractivity contribution >= 4 is 10.9 Å². The zero-order valence-corrected chi connectivity index (χ0v) is 16.8. The second kappa shape index (κ2) is 6.63. The molecule has 0 amide bonds. The molecule has 2 unspecified atom stereocenters. The number of aryl methyl sites for hydroxylation is 3. The Balaban J connectivity index is 1.58. The normalized spacial score (nSPS) is 21.7. The number of halogens is 3. The summed E-state index contributed by atoms with van der Waals surface area (Å²) in [5.74, 6) is 0. The molecule has 152 valence electrons. The fraction of sp³-hybridized carbons (Fsp3) is 0.417. The van der Waals surface area contributed by atoms with Crippen LogP contribution in [0.25, 0.3) is 10.9 Å². The Morgan fingerprint density at radius 3 is 2.66 bits per heavy atom. The molecule has 1 aromatic heterocycles. The van der Waals surface area contributed by atoms with Gasteiger partial charge in [-0.1, -0.05) is 29.8 Å². The van der Waals surface area contributed by atoms with E-state index in [0.717, 1.165) is 18.4 Å². The van der Waals surface area contributed by atoms with Crippen LogP contribution in [0.15, 0.2) is 42.5 Å². The predicted molar refractivity (Wildman–Crippen MR) is 109 cm³/mol. The van der Waals surface area contributed by atoms with E-state index in [9.17, 15) is 13.2 Å². The SMILES string of the molecule is Cc1ccc2c(c1)c1c(n2CCc2ccccc2C(F)(F)F)CC2CCC1N2C. The van der Waals surface area contributed by atoms with E-state index in [4.69, 9.17) is 0 Å². The van der Waals surface area contributed by atoms with E-state index in [1.54, 1.807) is 12.1 Å². The summed E-state index contributed by atoms with van der Waals surface area (Å²) in [5.41, 5.74) is 4.98. The zero-order valence-electron chi connectivity index (χ0n) is 16.8. The molecule has 0 saturated carbocycles. The Morgan fingerprint density at radius 1 is 1.07 bits per heavy atom. The molecule has 3 aromatic rings. The Morgan fingerprint density at radius 2 is 1.86 bits per heavy atom. The van der Waals surface area contributed by atoms with Gasteiger partial charge in [0.05, 0.1) is 5.56 Å². The van der Waals surface area contributed by atoms with Gasteiger partial charge in [-0.2, -0.15) is 13.2 Å². The zero-order chi connectivity index (χ0) is 20.3. The fourth-order valence-electron chi connectivity index (χ4n) is 5.47. The van der Waals surface area contributed by atoms with Crippen LogP contribution in [-0.2, 0) is 25.6 Å². The molecule has 29 heavy (non-hydrogen) atoms. The molecule has 5 rings (SSSR count). The minimum Gasteiger partial charge on any atom is -0.344 e. The number of nitrogens with zero attached hydrogens (tertiary/aromatic N) is 2. The third kappa shape index (κ3) is 2.98. The topological polar surface area (TPSA) is 8.17 Å². The monoisotopic (exact) mass is 398 g/mol.